The van der Waals surface area contributed by atoms with E-state index in [2.05, 4.69) is 11.4 Å². The molecule has 0 aliphatic heterocycles. The molecule has 1 amide bonds. The van der Waals surface area contributed by atoms with Crippen LogP contribution in [-0.4, -0.2) is 23.7 Å². The summed E-state index contributed by atoms with van der Waals surface area (Å²) < 4.78 is 0. The zero-order valence-corrected chi connectivity index (χ0v) is 13.7. The Morgan fingerprint density at radius 2 is 1.79 bits per heavy atom. The van der Waals surface area contributed by atoms with Crippen molar-refractivity contribution in [2.24, 2.45) is 0 Å². The smallest absolute Gasteiger partial charge is 0.251 e. The van der Waals surface area contributed by atoms with Gasteiger partial charge < -0.3 is 10.4 Å². The molecule has 3 aromatic carbocycles. The summed E-state index contributed by atoms with van der Waals surface area (Å²) in [5.41, 5.74) is 2.88. The highest BCUT2D eigenvalue weighted by Crippen LogP contribution is 2.16. The number of aliphatic hydroxyl groups is 1. The summed E-state index contributed by atoms with van der Waals surface area (Å²) in [6.45, 7) is 1.94. The molecule has 0 radical (unpaired) electrons. The van der Waals surface area contributed by atoms with Crippen LogP contribution in [0.5, 0.6) is 0 Å². The number of aliphatic hydroxyl groups excluding tert-OH is 1. The quantitative estimate of drug-likeness (QED) is 0.756. The monoisotopic (exact) mass is 319 g/mol. The average Bonchev–Trinajstić information content (AvgIpc) is 2.60. The molecule has 0 aliphatic rings. The summed E-state index contributed by atoms with van der Waals surface area (Å²) >= 11 is 0. The number of aryl methyl sites for hydroxylation is 1. The summed E-state index contributed by atoms with van der Waals surface area (Å²) in [6, 6.07) is 21.4. The molecule has 0 spiro atoms. The number of hydrogen-bond donors (Lipinski definition) is 2. The predicted octanol–water partition coefficient (Wildman–Crippen LogP) is 3.48. The highest BCUT2D eigenvalue weighted by molar-refractivity contribution is 5.98. The standard InChI is InChI=1S/C21H21NO2/c1-15-5-4-6-16(11-15)12-20(14-23)22-21(24)19-10-9-17-7-2-3-8-18(17)13-19/h2-11,13,20,23H,12,14H2,1H3,(H,22,24)/t20-/m1/s1. The van der Waals surface area contributed by atoms with Crippen LogP contribution in [-0.2, 0) is 6.42 Å². The first kappa shape index (κ1) is 16.2. The summed E-state index contributed by atoms with van der Waals surface area (Å²) in [5.74, 6) is -0.160. The van der Waals surface area contributed by atoms with E-state index in [-0.39, 0.29) is 18.6 Å². The molecular formula is C21H21NO2. The van der Waals surface area contributed by atoms with Gasteiger partial charge in [0, 0.05) is 5.56 Å². The minimum absolute atomic E-state index is 0.0900. The molecule has 0 saturated heterocycles. The second-order valence-corrected chi connectivity index (χ2v) is 6.11. The Kier molecular flexibility index (Phi) is 4.92. The van der Waals surface area contributed by atoms with Crippen LogP contribution in [0.2, 0.25) is 0 Å². The number of rotatable bonds is 5. The van der Waals surface area contributed by atoms with Crippen LogP contribution in [0.4, 0.5) is 0 Å². The summed E-state index contributed by atoms with van der Waals surface area (Å²) in [6.07, 6.45) is 0.609. The predicted molar refractivity (Wildman–Crippen MR) is 97.2 cm³/mol. The molecular weight excluding hydrogens is 298 g/mol. The third-order valence-corrected chi connectivity index (χ3v) is 4.13. The van der Waals surface area contributed by atoms with Gasteiger partial charge in [-0.3, -0.25) is 4.79 Å². The molecule has 1 atom stereocenters. The number of hydrogen-bond acceptors (Lipinski definition) is 2. The molecule has 3 aromatic rings. The topological polar surface area (TPSA) is 49.3 Å². The molecule has 0 unspecified atom stereocenters. The van der Waals surface area contributed by atoms with Crippen molar-refractivity contribution in [3.05, 3.63) is 83.4 Å². The van der Waals surface area contributed by atoms with E-state index in [9.17, 15) is 9.90 Å². The van der Waals surface area contributed by atoms with E-state index < -0.39 is 0 Å². The second kappa shape index (κ2) is 7.28. The van der Waals surface area contributed by atoms with E-state index in [1.54, 1.807) is 0 Å². The Bertz CT molecular complexity index is 857. The Morgan fingerprint density at radius 3 is 2.54 bits per heavy atom. The molecule has 24 heavy (non-hydrogen) atoms. The lowest BCUT2D eigenvalue weighted by Gasteiger charge is -2.17. The molecule has 0 heterocycles. The van der Waals surface area contributed by atoms with Crippen molar-refractivity contribution in [2.75, 3.05) is 6.61 Å². The fourth-order valence-corrected chi connectivity index (χ4v) is 2.88. The first-order chi connectivity index (χ1) is 11.7. The lowest BCUT2D eigenvalue weighted by atomic mass is 10.0. The number of carbonyl (C=O) groups is 1. The Balaban J connectivity index is 1.73. The fraction of sp³-hybridized carbons (Fsp3) is 0.190. The summed E-state index contributed by atoms with van der Waals surface area (Å²) in [7, 11) is 0. The molecule has 3 nitrogen and oxygen atoms in total. The number of fused-ring (bicyclic) bond motifs is 1. The van der Waals surface area contributed by atoms with Gasteiger partial charge in [0.05, 0.1) is 12.6 Å². The third-order valence-electron chi connectivity index (χ3n) is 4.13. The first-order valence-electron chi connectivity index (χ1n) is 8.12. The maximum Gasteiger partial charge on any atom is 0.251 e. The van der Waals surface area contributed by atoms with Gasteiger partial charge in [-0.25, -0.2) is 0 Å². The number of carbonyl (C=O) groups excluding carboxylic acids is 1. The molecule has 0 aliphatic carbocycles. The van der Waals surface area contributed by atoms with E-state index in [0.29, 0.717) is 12.0 Å². The maximum atomic E-state index is 12.5. The maximum absolute atomic E-state index is 12.5. The van der Waals surface area contributed by atoms with Crippen molar-refractivity contribution in [3.8, 4) is 0 Å². The van der Waals surface area contributed by atoms with Crippen LogP contribution < -0.4 is 5.32 Å². The Morgan fingerprint density at radius 1 is 1.00 bits per heavy atom. The van der Waals surface area contributed by atoms with Crippen LogP contribution in [0.15, 0.2) is 66.7 Å². The van der Waals surface area contributed by atoms with Crippen LogP contribution in [0.3, 0.4) is 0 Å². The fourth-order valence-electron chi connectivity index (χ4n) is 2.88. The van der Waals surface area contributed by atoms with Crippen molar-refractivity contribution >= 4 is 16.7 Å². The van der Waals surface area contributed by atoms with Crippen molar-refractivity contribution in [1.82, 2.24) is 5.32 Å². The van der Waals surface area contributed by atoms with Gasteiger partial charge in [0.1, 0.15) is 0 Å². The average molecular weight is 319 g/mol. The van der Waals surface area contributed by atoms with Crippen molar-refractivity contribution in [3.63, 3.8) is 0 Å². The summed E-state index contributed by atoms with van der Waals surface area (Å²) in [4.78, 5) is 12.5. The van der Waals surface area contributed by atoms with Gasteiger partial charge >= 0.3 is 0 Å². The number of benzene rings is 3. The Labute approximate surface area is 142 Å². The number of amides is 1. The van der Waals surface area contributed by atoms with Gasteiger partial charge in [-0.1, -0.05) is 60.2 Å². The molecule has 0 bridgehead atoms. The van der Waals surface area contributed by atoms with Crippen LogP contribution >= 0.6 is 0 Å². The van der Waals surface area contributed by atoms with Gasteiger partial charge in [0.2, 0.25) is 0 Å². The van der Waals surface area contributed by atoms with E-state index in [1.165, 1.54) is 5.56 Å². The molecule has 2 N–H and O–H groups in total. The molecule has 122 valence electrons. The molecule has 0 saturated carbocycles. The zero-order valence-electron chi connectivity index (χ0n) is 13.7. The lowest BCUT2D eigenvalue weighted by molar-refractivity contribution is 0.0916. The molecule has 3 heteroatoms. The summed E-state index contributed by atoms with van der Waals surface area (Å²) in [5, 5.41) is 14.7. The van der Waals surface area contributed by atoms with Crippen molar-refractivity contribution in [2.45, 2.75) is 19.4 Å². The molecule has 0 fully saturated rings. The minimum atomic E-state index is -0.300. The highest BCUT2D eigenvalue weighted by atomic mass is 16.3. The molecule has 3 rings (SSSR count). The molecule has 0 aromatic heterocycles. The van der Waals surface area contributed by atoms with Crippen LogP contribution in [0.1, 0.15) is 21.5 Å². The van der Waals surface area contributed by atoms with Crippen molar-refractivity contribution < 1.29 is 9.90 Å². The number of nitrogens with one attached hydrogen (secondary N) is 1. The van der Waals surface area contributed by atoms with Crippen LogP contribution in [0, 0.1) is 6.92 Å². The minimum Gasteiger partial charge on any atom is -0.394 e. The van der Waals surface area contributed by atoms with Gasteiger partial charge in [-0.2, -0.15) is 0 Å². The van der Waals surface area contributed by atoms with Crippen molar-refractivity contribution in [1.29, 1.82) is 0 Å². The van der Waals surface area contributed by atoms with E-state index in [0.717, 1.165) is 16.3 Å². The second-order valence-electron chi connectivity index (χ2n) is 6.11. The third kappa shape index (κ3) is 3.81. The Hall–Kier alpha value is -2.65. The largest absolute Gasteiger partial charge is 0.394 e. The normalized spacial score (nSPS) is 12.1. The van der Waals surface area contributed by atoms with E-state index >= 15 is 0 Å². The zero-order chi connectivity index (χ0) is 16.9. The first-order valence-corrected chi connectivity index (χ1v) is 8.12. The lowest BCUT2D eigenvalue weighted by Crippen LogP contribution is -2.39. The van der Waals surface area contributed by atoms with Gasteiger partial charge in [-0.15, -0.1) is 0 Å². The van der Waals surface area contributed by atoms with Gasteiger partial charge in [-0.05, 0) is 41.8 Å². The SMILES string of the molecule is Cc1cccc(C[C@H](CO)NC(=O)c2ccc3ccccc3c2)c1. The van der Waals surface area contributed by atoms with Gasteiger partial charge in [0.15, 0.2) is 0 Å². The highest BCUT2D eigenvalue weighted by Gasteiger charge is 2.14. The van der Waals surface area contributed by atoms with Crippen LogP contribution in [0.25, 0.3) is 10.8 Å². The van der Waals surface area contributed by atoms with E-state index in [1.807, 2.05) is 67.6 Å². The van der Waals surface area contributed by atoms with Gasteiger partial charge in [0.25, 0.3) is 5.91 Å². The van der Waals surface area contributed by atoms with E-state index in [4.69, 9.17) is 0 Å².